The summed E-state index contributed by atoms with van der Waals surface area (Å²) in [5, 5.41) is 2.49. The van der Waals surface area contributed by atoms with E-state index in [1.165, 1.54) is 19.1 Å². The fourth-order valence-electron chi connectivity index (χ4n) is 3.03. The van der Waals surface area contributed by atoms with E-state index in [2.05, 4.69) is 26.2 Å². The minimum absolute atomic E-state index is 0.115. The Bertz CT molecular complexity index is 894. The highest BCUT2D eigenvalue weighted by Crippen LogP contribution is 2.34. The molecule has 150 valence electrons. The van der Waals surface area contributed by atoms with Crippen molar-refractivity contribution in [2.75, 3.05) is 13.2 Å². The van der Waals surface area contributed by atoms with Crippen molar-refractivity contribution >= 4 is 27.7 Å². The normalized spacial score (nSPS) is 20.2. The second-order valence-electron chi connectivity index (χ2n) is 6.39. The molecule has 0 aromatic heterocycles. The summed E-state index contributed by atoms with van der Waals surface area (Å²) >= 11 is 3.26. The number of carbonyl (C=O) groups is 1. The zero-order valence-electron chi connectivity index (χ0n) is 14.5. The predicted octanol–water partition coefficient (Wildman–Crippen LogP) is 4.25. The summed E-state index contributed by atoms with van der Waals surface area (Å²) < 4.78 is 66.5. The van der Waals surface area contributed by atoms with Crippen LogP contribution in [0.15, 0.2) is 45.5 Å². The average Bonchev–Trinajstić information content (AvgIpc) is 3.02. The molecule has 1 N–H and O–H groups in total. The number of aliphatic imine (C=N–C) groups is 1. The number of amides is 1. The van der Waals surface area contributed by atoms with Crippen LogP contribution in [-0.2, 0) is 11.0 Å². The van der Waals surface area contributed by atoms with Gasteiger partial charge in [-0.25, -0.2) is 8.78 Å². The highest BCUT2D eigenvalue weighted by atomic mass is 79.9. The van der Waals surface area contributed by atoms with Gasteiger partial charge in [-0.1, -0.05) is 12.1 Å². The number of hydrogen-bond donors (Lipinski definition) is 1. The molecule has 1 amide bonds. The van der Waals surface area contributed by atoms with Gasteiger partial charge in [-0.2, -0.15) is 13.2 Å². The molecule has 0 saturated heterocycles. The van der Waals surface area contributed by atoms with Crippen LogP contribution in [0.2, 0.25) is 0 Å². The summed E-state index contributed by atoms with van der Waals surface area (Å²) in [5.41, 5.74) is -1.57. The lowest BCUT2D eigenvalue weighted by atomic mass is 10.0. The van der Waals surface area contributed by atoms with Gasteiger partial charge in [0.15, 0.2) is 0 Å². The van der Waals surface area contributed by atoms with Crippen LogP contribution in [0.25, 0.3) is 0 Å². The van der Waals surface area contributed by atoms with Crippen LogP contribution in [0.5, 0.6) is 0 Å². The van der Waals surface area contributed by atoms with E-state index in [-0.39, 0.29) is 23.5 Å². The van der Waals surface area contributed by atoms with Gasteiger partial charge in [-0.3, -0.25) is 9.79 Å². The minimum atomic E-state index is -4.84. The van der Waals surface area contributed by atoms with Crippen LogP contribution in [0, 0.1) is 5.82 Å². The van der Waals surface area contributed by atoms with Crippen LogP contribution in [0.1, 0.15) is 24.1 Å². The molecule has 0 radical (unpaired) electrons. The Labute approximate surface area is 165 Å². The van der Waals surface area contributed by atoms with Crippen molar-refractivity contribution in [1.82, 2.24) is 10.2 Å². The number of rotatable bonds is 4. The Morgan fingerprint density at radius 1 is 1.43 bits per heavy atom. The maximum atomic E-state index is 14.3. The fraction of sp³-hybridized carbons (Fsp3) is 0.333. The smallest absolute Gasteiger partial charge is 0.345 e. The molecule has 0 bridgehead atoms. The Morgan fingerprint density at radius 2 is 2.14 bits per heavy atom. The third-order valence-corrected chi connectivity index (χ3v) is 4.79. The topological polar surface area (TPSA) is 44.7 Å². The third-order valence-electron chi connectivity index (χ3n) is 4.36. The second-order valence-corrected chi connectivity index (χ2v) is 7.30. The summed E-state index contributed by atoms with van der Waals surface area (Å²) in [4.78, 5) is 18.5. The van der Waals surface area contributed by atoms with Crippen molar-refractivity contribution in [2.45, 2.75) is 25.2 Å². The van der Waals surface area contributed by atoms with Crippen LogP contribution in [0.4, 0.5) is 22.0 Å². The summed E-state index contributed by atoms with van der Waals surface area (Å²) in [7, 11) is 0. The number of nitrogens with one attached hydrogen (secondary N) is 1. The Morgan fingerprint density at radius 3 is 2.79 bits per heavy atom. The first-order valence-corrected chi connectivity index (χ1v) is 9.07. The van der Waals surface area contributed by atoms with Gasteiger partial charge >= 0.3 is 6.18 Å². The maximum Gasteiger partial charge on any atom is 0.419 e. The lowest BCUT2D eigenvalue weighted by Gasteiger charge is -2.24. The first kappa shape index (κ1) is 20.5. The highest BCUT2D eigenvalue weighted by molar-refractivity contribution is 9.11. The van der Waals surface area contributed by atoms with Gasteiger partial charge in [0, 0.05) is 22.8 Å². The van der Waals surface area contributed by atoms with Gasteiger partial charge in [0.25, 0.3) is 5.91 Å². The van der Waals surface area contributed by atoms with Crippen LogP contribution in [0.3, 0.4) is 0 Å². The van der Waals surface area contributed by atoms with E-state index in [0.717, 1.165) is 6.07 Å². The van der Waals surface area contributed by atoms with Gasteiger partial charge < -0.3 is 10.2 Å². The monoisotopic (exact) mass is 463 g/mol. The van der Waals surface area contributed by atoms with E-state index in [1.54, 1.807) is 11.1 Å². The minimum Gasteiger partial charge on any atom is -0.345 e. The number of halogens is 6. The zero-order chi connectivity index (χ0) is 20.6. The molecule has 2 atom stereocenters. The van der Waals surface area contributed by atoms with Crippen LogP contribution in [-0.4, -0.2) is 35.9 Å². The average molecular weight is 464 g/mol. The first-order valence-electron chi connectivity index (χ1n) is 8.28. The largest absolute Gasteiger partial charge is 0.419 e. The summed E-state index contributed by atoms with van der Waals surface area (Å²) in [6, 6.07) is 1.25. The van der Waals surface area contributed by atoms with Gasteiger partial charge in [0.05, 0.1) is 23.2 Å². The van der Waals surface area contributed by atoms with E-state index in [1.807, 2.05) is 0 Å². The zero-order valence-corrected chi connectivity index (χ0v) is 16.1. The van der Waals surface area contributed by atoms with E-state index >= 15 is 0 Å². The molecule has 0 aliphatic carbocycles. The van der Waals surface area contributed by atoms with E-state index < -0.39 is 42.2 Å². The first-order chi connectivity index (χ1) is 13.1. The Kier molecular flexibility index (Phi) is 5.60. The number of benzene rings is 1. The van der Waals surface area contributed by atoms with Crippen molar-refractivity contribution < 1.29 is 26.7 Å². The quantitative estimate of drug-likeness (QED) is 0.678. The molecular formula is C18H15BrF5N3O. The number of allylic oxidation sites excluding steroid dienone is 2. The Hall–Kier alpha value is -2.23. The molecule has 4 nitrogen and oxygen atoms in total. The van der Waals surface area contributed by atoms with Crippen LogP contribution < -0.4 is 5.32 Å². The van der Waals surface area contributed by atoms with Gasteiger partial charge in [0.1, 0.15) is 18.3 Å². The number of nitrogens with zero attached hydrogens (tertiary/aromatic N) is 2. The number of fused-ring (bicyclic) bond motifs is 1. The molecule has 0 fully saturated rings. The highest BCUT2D eigenvalue weighted by Gasteiger charge is 2.36. The Balaban J connectivity index is 1.84. The molecule has 2 aliphatic rings. The maximum absolute atomic E-state index is 14.3. The molecule has 1 aromatic rings. The summed E-state index contributed by atoms with van der Waals surface area (Å²) in [6.07, 6.45) is -1.71. The molecule has 2 aliphatic heterocycles. The molecular weight excluding hydrogens is 449 g/mol. The molecule has 0 spiro atoms. The molecule has 1 aromatic carbocycles. The fourth-order valence-corrected chi connectivity index (χ4v) is 3.51. The van der Waals surface area contributed by atoms with Crippen molar-refractivity contribution in [3.05, 3.63) is 57.5 Å². The SMILES string of the molecule is C[C@@H](NC(=O)C1=CC(Br)=CN2CC(CF)N=C12)c1cccc(C(F)(F)F)c1F. The number of amidine groups is 1. The summed E-state index contributed by atoms with van der Waals surface area (Å²) in [6.45, 7) is 0.957. The van der Waals surface area contributed by atoms with Crippen molar-refractivity contribution in [3.63, 3.8) is 0 Å². The number of carbonyl (C=O) groups excluding carboxylic acids is 1. The second kappa shape index (κ2) is 7.65. The molecule has 10 heteroatoms. The molecule has 3 rings (SSSR count). The van der Waals surface area contributed by atoms with Crippen molar-refractivity contribution in [1.29, 1.82) is 0 Å². The van der Waals surface area contributed by atoms with E-state index in [4.69, 9.17) is 0 Å². The van der Waals surface area contributed by atoms with Gasteiger partial charge in [0.2, 0.25) is 0 Å². The summed E-state index contributed by atoms with van der Waals surface area (Å²) in [5.74, 6) is -1.82. The van der Waals surface area contributed by atoms with Crippen molar-refractivity contribution in [2.24, 2.45) is 4.99 Å². The van der Waals surface area contributed by atoms with Crippen LogP contribution >= 0.6 is 15.9 Å². The molecule has 2 heterocycles. The molecule has 0 saturated carbocycles. The lowest BCUT2D eigenvalue weighted by Crippen LogP contribution is -2.37. The standard InChI is InChI=1S/C18H15BrF5N3O/c1-9(12-3-2-4-14(15(12)21)18(22,23)24)25-17(28)13-5-10(19)7-27-8-11(6-20)26-16(13)27/h2-5,7,9,11H,6,8H2,1H3,(H,25,28)/t9-,11?/m1/s1. The van der Waals surface area contributed by atoms with E-state index in [9.17, 15) is 26.7 Å². The van der Waals surface area contributed by atoms with Gasteiger partial charge in [-0.05, 0) is 35.0 Å². The number of hydrogen-bond acceptors (Lipinski definition) is 3. The van der Waals surface area contributed by atoms with E-state index in [0.29, 0.717) is 10.5 Å². The third kappa shape index (κ3) is 3.96. The van der Waals surface area contributed by atoms with Crippen molar-refractivity contribution in [3.8, 4) is 0 Å². The lowest BCUT2D eigenvalue weighted by molar-refractivity contribution is -0.140. The number of alkyl halides is 4. The van der Waals surface area contributed by atoms with Gasteiger partial charge in [-0.15, -0.1) is 0 Å². The predicted molar refractivity (Wildman–Crippen MR) is 97.0 cm³/mol. The molecule has 28 heavy (non-hydrogen) atoms. The molecule has 1 unspecified atom stereocenters.